The number of piperidine rings is 1. The molecule has 1 aliphatic rings. The fourth-order valence-corrected chi connectivity index (χ4v) is 5.10. The Hall–Kier alpha value is -3.31. The van der Waals surface area contributed by atoms with E-state index in [0.29, 0.717) is 12.6 Å². The Morgan fingerprint density at radius 3 is 2.40 bits per heavy atom. The summed E-state index contributed by atoms with van der Waals surface area (Å²) in [6.45, 7) is 5.55. The molecular formula is C30H36N2O3. The zero-order valence-corrected chi connectivity index (χ0v) is 21.2. The first-order chi connectivity index (χ1) is 17.0. The number of likely N-dealkylation sites (tertiary alicyclic amines) is 1. The number of rotatable bonds is 8. The van der Waals surface area contributed by atoms with Gasteiger partial charge in [-0.05, 0) is 56.9 Å². The molecule has 184 valence electrons. The summed E-state index contributed by atoms with van der Waals surface area (Å²) in [5.41, 5.74) is 5.39. The first kappa shape index (κ1) is 24.8. The minimum absolute atomic E-state index is 0.132. The molecule has 4 rings (SSSR count). The number of carbonyl (C=O) groups excluding carboxylic acids is 1. The summed E-state index contributed by atoms with van der Waals surface area (Å²) in [7, 11) is 3.35. The first-order valence-electron chi connectivity index (χ1n) is 12.3. The van der Waals surface area contributed by atoms with Gasteiger partial charge in [0.1, 0.15) is 11.5 Å². The summed E-state index contributed by atoms with van der Waals surface area (Å²) in [6.07, 6.45) is 2.67. The van der Waals surface area contributed by atoms with Crippen LogP contribution in [0, 0.1) is 13.8 Å². The van der Waals surface area contributed by atoms with Crippen LogP contribution in [0.25, 0.3) is 0 Å². The smallest absolute Gasteiger partial charge is 0.254 e. The number of carbonyl (C=O) groups is 1. The van der Waals surface area contributed by atoms with E-state index in [1.165, 1.54) is 5.56 Å². The van der Waals surface area contributed by atoms with Gasteiger partial charge >= 0.3 is 0 Å². The van der Waals surface area contributed by atoms with E-state index in [9.17, 15) is 4.79 Å². The summed E-state index contributed by atoms with van der Waals surface area (Å²) in [4.78, 5) is 15.7. The Kier molecular flexibility index (Phi) is 8.09. The molecule has 0 unspecified atom stereocenters. The second-order valence-corrected chi connectivity index (χ2v) is 9.50. The maximum absolute atomic E-state index is 13.6. The third-order valence-electron chi connectivity index (χ3n) is 6.83. The molecule has 5 nitrogen and oxygen atoms in total. The molecule has 0 saturated carbocycles. The van der Waals surface area contributed by atoms with Crippen molar-refractivity contribution >= 4 is 5.91 Å². The Labute approximate surface area is 209 Å². The lowest BCUT2D eigenvalue weighted by Crippen LogP contribution is -2.51. The number of methoxy groups -OCH3 is 2. The number of benzene rings is 3. The van der Waals surface area contributed by atoms with Crippen molar-refractivity contribution in [1.29, 1.82) is 0 Å². The molecule has 5 heteroatoms. The van der Waals surface area contributed by atoms with E-state index in [1.807, 2.05) is 36.4 Å². The van der Waals surface area contributed by atoms with Gasteiger partial charge in [-0.3, -0.25) is 4.79 Å². The predicted molar refractivity (Wildman–Crippen MR) is 140 cm³/mol. The highest BCUT2D eigenvalue weighted by atomic mass is 16.5. The summed E-state index contributed by atoms with van der Waals surface area (Å²) >= 11 is 0. The molecule has 0 spiro atoms. The van der Waals surface area contributed by atoms with Gasteiger partial charge in [0.05, 0.1) is 14.2 Å². The lowest BCUT2D eigenvalue weighted by molar-refractivity contribution is 0.0576. The van der Waals surface area contributed by atoms with Crippen molar-refractivity contribution < 1.29 is 14.3 Å². The molecule has 1 amide bonds. The topological polar surface area (TPSA) is 50.8 Å². The van der Waals surface area contributed by atoms with Crippen molar-refractivity contribution in [2.24, 2.45) is 0 Å². The van der Waals surface area contributed by atoms with Crippen LogP contribution >= 0.6 is 0 Å². The first-order valence-corrected chi connectivity index (χ1v) is 12.3. The zero-order chi connectivity index (χ0) is 24.8. The van der Waals surface area contributed by atoms with Gasteiger partial charge in [-0.1, -0.05) is 53.6 Å². The number of hydrogen-bond donors (Lipinski definition) is 1. The fraction of sp³-hybridized carbons (Fsp3) is 0.367. The molecule has 1 heterocycles. The van der Waals surface area contributed by atoms with E-state index >= 15 is 0 Å². The van der Waals surface area contributed by atoms with Crippen molar-refractivity contribution in [2.75, 3.05) is 20.8 Å². The number of nitrogens with one attached hydrogen (secondary N) is 1. The summed E-state index contributed by atoms with van der Waals surface area (Å²) in [5, 5.41) is 3.72. The molecule has 1 saturated heterocycles. The molecule has 2 atom stereocenters. The average molecular weight is 473 g/mol. The lowest BCUT2D eigenvalue weighted by atomic mass is 9.91. The van der Waals surface area contributed by atoms with Crippen LogP contribution in [0.4, 0.5) is 0 Å². The van der Waals surface area contributed by atoms with Crippen LogP contribution in [0.2, 0.25) is 0 Å². The molecule has 1 fully saturated rings. The Balaban J connectivity index is 1.50. The highest BCUT2D eigenvalue weighted by Crippen LogP contribution is 2.27. The Morgan fingerprint density at radius 1 is 0.971 bits per heavy atom. The second kappa shape index (κ2) is 11.4. The number of nitrogens with zero attached hydrogens (tertiary/aromatic N) is 1. The van der Waals surface area contributed by atoms with E-state index in [2.05, 4.69) is 54.4 Å². The van der Waals surface area contributed by atoms with Crippen molar-refractivity contribution in [3.05, 3.63) is 94.5 Å². The third-order valence-corrected chi connectivity index (χ3v) is 6.83. The van der Waals surface area contributed by atoms with Gasteiger partial charge < -0.3 is 19.7 Å². The van der Waals surface area contributed by atoms with Crippen LogP contribution in [-0.2, 0) is 13.0 Å². The van der Waals surface area contributed by atoms with Gasteiger partial charge in [-0.25, -0.2) is 0 Å². The van der Waals surface area contributed by atoms with Gasteiger partial charge in [-0.2, -0.15) is 0 Å². The van der Waals surface area contributed by atoms with E-state index in [-0.39, 0.29) is 11.9 Å². The quantitative estimate of drug-likeness (QED) is 0.482. The highest BCUT2D eigenvalue weighted by molar-refractivity contribution is 5.95. The minimum atomic E-state index is 0.132. The van der Waals surface area contributed by atoms with E-state index < -0.39 is 0 Å². The average Bonchev–Trinajstić information content (AvgIpc) is 2.87. The molecule has 35 heavy (non-hydrogen) atoms. The Bertz CT molecular complexity index is 1130. The number of amides is 1. The van der Waals surface area contributed by atoms with E-state index in [4.69, 9.17) is 9.47 Å². The van der Waals surface area contributed by atoms with E-state index in [0.717, 1.165) is 59.6 Å². The van der Waals surface area contributed by atoms with Crippen LogP contribution < -0.4 is 14.8 Å². The van der Waals surface area contributed by atoms with Crippen molar-refractivity contribution in [1.82, 2.24) is 10.2 Å². The van der Waals surface area contributed by atoms with Gasteiger partial charge in [0, 0.05) is 42.4 Å². The fourth-order valence-electron chi connectivity index (χ4n) is 5.10. The van der Waals surface area contributed by atoms with Gasteiger partial charge in [0.2, 0.25) is 0 Å². The molecule has 1 N–H and O–H groups in total. The summed E-state index contributed by atoms with van der Waals surface area (Å²) in [6, 6.07) is 23.0. The maximum atomic E-state index is 13.6. The molecule has 1 aliphatic heterocycles. The van der Waals surface area contributed by atoms with E-state index in [1.54, 1.807) is 14.2 Å². The molecule has 0 aromatic heterocycles. The monoisotopic (exact) mass is 472 g/mol. The standard InChI is InChI=1S/C30H36N2O3/c1-21-14-22(2)16-25(15-21)30(33)32-13-12-26(18-27(32)17-23-8-6-5-7-9-23)31-20-24-10-11-28(34-3)19-29(24)35-4/h5-11,14-16,19,26-27,31H,12-13,17-18,20H2,1-4H3/t26-,27+/m0/s1. The predicted octanol–water partition coefficient (Wildman–Crippen LogP) is 5.33. The van der Waals surface area contributed by atoms with Crippen molar-refractivity contribution in [3.8, 4) is 11.5 Å². The van der Waals surface area contributed by atoms with Crippen LogP contribution in [-0.4, -0.2) is 43.7 Å². The zero-order valence-electron chi connectivity index (χ0n) is 21.2. The Morgan fingerprint density at radius 2 is 1.71 bits per heavy atom. The molecule has 3 aromatic rings. The maximum Gasteiger partial charge on any atom is 0.254 e. The normalized spacial score (nSPS) is 17.8. The van der Waals surface area contributed by atoms with Gasteiger partial charge in [-0.15, -0.1) is 0 Å². The van der Waals surface area contributed by atoms with Crippen LogP contribution in [0.15, 0.2) is 66.7 Å². The number of ether oxygens (including phenoxy) is 2. The molecule has 0 bridgehead atoms. The molecular weight excluding hydrogens is 436 g/mol. The van der Waals surface area contributed by atoms with Gasteiger partial charge in [0.15, 0.2) is 0 Å². The van der Waals surface area contributed by atoms with Crippen molar-refractivity contribution in [3.63, 3.8) is 0 Å². The third kappa shape index (κ3) is 6.23. The van der Waals surface area contributed by atoms with Crippen molar-refractivity contribution in [2.45, 2.75) is 51.7 Å². The van der Waals surface area contributed by atoms with Crippen LogP contribution in [0.1, 0.15) is 45.5 Å². The van der Waals surface area contributed by atoms with Gasteiger partial charge in [0.25, 0.3) is 5.91 Å². The number of aryl methyl sites for hydroxylation is 2. The minimum Gasteiger partial charge on any atom is -0.497 e. The SMILES string of the molecule is COc1ccc(CN[C@H]2CCN(C(=O)c3cc(C)cc(C)c3)[C@H](Cc3ccccc3)C2)c(OC)c1. The molecule has 0 aliphatic carbocycles. The summed E-state index contributed by atoms with van der Waals surface area (Å²) in [5.74, 6) is 1.74. The van der Waals surface area contributed by atoms with Crippen LogP contribution in [0.3, 0.4) is 0 Å². The van der Waals surface area contributed by atoms with Crippen LogP contribution in [0.5, 0.6) is 11.5 Å². The largest absolute Gasteiger partial charge is 0.497 e. The lowest BCUT2D eigenvalue weighted by Gasteiger charge is -2.40. The number of hydrogen-bond acceptors (Lipinski definition) is 4. The summed E-state index contributed by atoms with van der Waals surface area (Å²) < 4.78 is 10.9. The highest BCUT2D eigenvalue weighted by Gasteiger charge is 2.32. The molecule has 0 radical (unpaired) electrons. The second-order valence-electron chi connectivity index (χ2n) is 9.50. The molecule has 3 aromatic carbocycles.